The predicted octanol–water partition coefficient (Wildman–Crippen LogP) is 17.4. The van der Waals surface area contributed by atoms with Gasteiger partial charge >= 0.3 is 36.2 Å². The second kappa shape index (κ2) is 40.8. The number of carbonyl (C=O) groups is 6. The fourth-order valence-electron chi connectivity index (χ4n) is 17.8. The first-order valence-corrected chi connectivity index (χ1v) is 45.1. The molecule has 11 fully saturated rings. The summed E-state index contributed by atoms with van der Waals surface area (Å²) in [4.78, 5) is 83.1. The third kappa shape index (κ3) is 27.7. The normalized spacial score (nSPS) is 28.8. The summed E-state index contributed by atoms with van der Waals surface area (Å²) in [5.41, 5.74) is 19.2. The molecule has 0 bridgehead atoms. The van der Waals surface area contributed by atoms with Crippen LogP contribution in [0.15, 0.2) is 105 Å². The Bertz CT molecular complexity index is 4090. The Morgan fingerprint density at radius 3 is 1.21 bits per heavy atom. The molecule has 3 aromatic carbocycles. The van der Waals surface area contributed by atoms with Crippen molar-refractivity contribution < 1.29 is 72.6 Å². The number of carbonyl (C=O) groups excluding carboxylic acids is 3. The molecule has 0 saturated heterocycles. The molecule has 11 aliphatic rings. The standard InChI is InChI=1S/C31H44N4O5.C21H28N4O.C19H27N3O3.2C8H14O2.C7H13NO2/c1-29(2,3)38-27(36)32-22-14-12-21(13-15-22)25-33-26(34-40-25)31(16-17-31)19-35(28(37)39-30(4,5)6)24-18-23(24)20-10-8-7-9-11-20;22-16-8-6-15(7-9-16)19-24-20(25-26-19)21(10-11-21)13-23-18-12-17(18)14-4-2-1-3-5-14;1-18(2,3)25-17(23)22(12-19(9-10-19)16(20)21-24)15-11-14(15)13-7-5-4-6-8-13;2*1-6-2-4-7(5-3-6)8(9)10;8-6-3-1-5(2-4-6)7(9)10/h7-11,21-24H,12-19H2,1-6H3,(H,32,36);1-5,15-18,23H,6-13,22H2;4-8,14-15,24H,9-12H2,1-3H3,(H2,20,21);2*6-7H,2-5H2,1H3,(H,9,10);5-6H,1-4,8H2,(H,9,10)/t21?,22?,23-,24+;15?,16?,17-,18+;14-,15+;;;/m000.../s1. The SMILES string of the molecule is CC(C)(C)OC(=O)N(CC1(C(N)=NO)CC1)[C@@H]1C[C@H]1c1ccccc1.CC(C)(C)OC(=O)NC1CCC(c2nc(C3(CN(C(=O)OC(C)(C)C)[C@@H]4C[C@H]4c4ccccc4)CC3)no2)CC1.CC1CCC(C(=O)O)CC1.CC1CCC(C(=O)O)CC1.NC1CCC(C(=O)O)CC1.NC1CCC(c2nc(C3(CN[C@@H]4C[C@H]4c4ccccc4)CC3)no2)CC1. The molecule has 5 aromatic rings. The first-order chi connectivity index (χ1) is 57.4. The first kappa shape index (κ1) is 93.0. The second-order valence-corrected chi connectivity index (χ2v) is 40.2. The molecular weight excluding hydrogens is 1540 g/mol. The number of carboxylic acids is 3. The topological polar surface area (TPSA) is 410 Å². The Hall–Kier alpha value is -8.69. The lowest BCUT2D eigenvalue weighted by Crippen LogP contribution is -2.45. The van der Waals surface area contributed by atoms with Crippen LogP contribution in [0.1, 0.15) is 332 Å². The van der Waals surface area contributed by atoms with Crippen LogP contribution in [0.5, 0.6) is 0 Å². The summed E-state index contributed by atoms with van der Waals surface area (Å²) >= 11 is 0. The number of hydrogen-bond acceptors (Lipinski definition) is 20. The smallest absolute Gasteiger partial charge is 0.410 e. The predicted molar refractivity (Wildman–Crippen MR) is 461 cm³/mol. The van der Waals surface area contributed by atoms with E-state index in [0.717, 1.165) is 210 Å². The van der Waals surface area contributed by atoms with Crippen LogP contribution in [0, 0.1) is 35.0 Å². The molecule has 6 atom stereocenters. The highest BCUT2D eigenvalue weighted by molar-refractivity contribution is 5.89. The van der Waals surface area contributed by atoms with Gasteiger partial charge in [-0.2, -0.15) is 9.97 Å². The number of nitrogens with one attached hydrogen (secondary N) is 2. The van der Waals surface area contributed by atoms with Crippen molar-refractivity contribution in [3.8, 4) is 0 Å². The van der Waals surface area contributed by atoms with Crippen LogP contribution in [0.2, 0.25) is 0 Å². The van der Waals surface area contributed by atoms with Gasteiger partial charge < -0.3 is 81.4 Å². The highest BCUT2D eigenvalue weighted by atomic mass is 16.6. The van der Waals surface area contributed by atoms with Crippen LogP contribution in [0.4, 0.5) is 14.4 Å². The number of amides is 3. The number of aliphatic carboxylic acids is 3. The maximum absolute atomic E-state index is 13.4. The van der Waals surface area contributed by atoms with Crippen molar-refractivity contribution in [2.24, 2.45) is 57.4 Å². The molecule has 11 aliphatic carbocycles. The van der Waals surface area contributed by atoms with Gasteiger partial charge in [0, 0.05) is 96.3 Å². The van der Waals surface area contributed by atoms with Gasteiger partial charge in [-0.25, -0.2) is 14.4 Å². The Kier molecular flexibility index (Phi) is 31.3. The summed E-state index contributed by atoms with van der Waals surface area (Å²) in [5.74, 6) is 4.61. The molecular formula is C94H140N12O15. The van der Waals surface area contributed by atoms with E-state index in [0.29, 0.717) is 60.6 Å². The molecule has 27 heteroatoms. The van der Waals surface area contributed by atoms with Crippen LogP contribution in [0.25, 0.3) is 0 Å². The minimum absolute atomic E-state index is 0.0452. The number of ether oxygens (including phenoxy) is 3. The fraction of sp³-hybridized carbons (Fsp3) is 0.691. The summed E-state index contributed by atoms with van der Waals surface area (Å²) in [7, 11) is 0. The van der Waals surface area contributed by atoms with E-state index in [4.69, 9.17) is 71.0 Å². The molecule has 3 amide bonds. The number of amidine groups is 1. The highest BCUT2D eigenvalue weighted by Gasteiger charge is 2.57. The lowest BCUT2D eigenvalue weighted by Gasteiger charge is -2.30. The van der Waals surface area contributed by atoms with E-state index >= 15 is 0 Å². The van der Waals surface area contributed by atoms with E-state index in [-0.39, 0.29) is 82.8 Å². The number of nitrogens with two attached hydrogens (primary N) is 3. The molecule has 0 spiro atoms. The Morgan fingerprint density at radius 2 is 0.843 bits per heavy atom. The number of carboxylic acid groups (broad SMARTS) is 3. The average Bonchev–Trinajstić information content (AvgIpc) is 1.58. The Morgan fingerprint density at radius 1 is 0.479 bits per heavy atom. The number of aromatic nitrogens is 4. The van der Waals surface area contributed by atoms with Crippen molar-refractivity contribution in [1.29, 1.82) is 0 Å². The minimum atomic E-state index is -0.660. The van der Waals surface area contributed by atoms with Gasteiger partial charge in [-0.15, -0.1) is 0 Å². The Labute approximate surface area is 715 Å². The Balaban J connectivity index is 0.000000154. The fourth-order valence-corrected chi connectivity index (χ4v) is 17.8. The number of rotatable bonds is 21. The van der Waals surface area contributed by atoms with Gasteiger partial charge in [-0.3, -0.25) is 14.4 Å². The van der Waals surface area contributed by atoms with Crippen molar-refractivity contribution >= 4 is 42.0 Å². The molecule has 0 aliphatic heterocycles. The third-order valence-electron chi connectivity index (χ3n) is 26.5. The summed E-state index contributed by atoms with van der Waals surface area (Å²) in [6.45, 7) is 23.2. The van der Waals surface area contributed by atoms with Crippen LogP contribution in [-0.4, -0.2) is 165 Å². The zero-order valence-corrected chi connectivity index (χ0v) is 73.7. The summed E-state index contributed by atoms with van der Waals surface area (Å²) in [6, 6.07) is 32.9. The molecule has 16 rings (SSSR count). The molecule has 0 unspecified atom stereocenters. The summed E-state index contributed by atoms with van der Waals surface area (Å²) in [6.07, 6.45) is 26.8. The first-order valence-electron chi connectivity index (χ1n) is 45.1. The molecule has 2 aromatic heterocycles. The van der Waals surface area contributed by atoms with Crippen LogP contribution >= 0.6 is 0 Å². The van der Waals surface area contributed by atoms with Crippen LogP contribution < -0.4 is 27.8 Å². The van der Waals surface area contributed by atoms with E-state index in [9.17, 15) is 28.8 Å². The lowest BCUT2D eigenvalue weighted by atomic mass is 9.83. The molecule has 666 valence electrons. The molecule has 27 nitrogen and oxygen atoms in total. The van der Waals surface area contributed by atoms with E-state index in [1.165, 1.54) is 23.1 Å². The monoisotopic (exact) mass is 1680 g/mol. The van der Waals surface area contributed by atoms with E-state index < -0.39 is 40.1 Å². The molecule has 2 heterocycles. The minimum Gasteiger partial charge on any atom is -0.481 e. The van der Waals surface area contributed by atoms with Gasteiger partial charge in [0.1, 0.15) is 22.6 Å². The zero-order chi connectivity index (χ0) is 87.2. The van der Waals surface area contributed by atoms with Gasteiger partial charge in [0.05, 0.1) is 23.2 Å². The number of alkyl carbamates (subject to hydrolysis) is 1. The van der Waals surface area contributed by atoms with Crippen molar-refractivity contribution in [2.75, 3.05) is 19.6 Å². The van der Waals surface area contributed by atoms with E-state index in [2.05, 4.69) is 94.5 Å². The summed E-state index contributed by atoms with van der Waals surface area (Å²) in [5, 5.41) is 53.6. The van der Waals surface area contributed by atoms with Crippen LogP contribution in [-0.2, 0) is 39.4 Å². The zero-order valence-electron chi connectivity index (χ0n) is 73.7. The van der Waals surface area contributed by atoms with Gasteiger partial charge in [0.2, 0.25) is 11.8 Å². The lowest BCUT2D eigenvalue weighted by molar-refractivity contribution is -0.144. The maximum Gasteiger partial charge on any atom is 0.410 e. The van der Waals surface area contributed by atoms with E-state index in [1.54, 1.807) is 4.90 Å². The van der Waals surface area contributed by atoms with Gasteiger partial charge in [-0.1, -0.05) is 120 Å². The maximum atomic E-state index is 13.4. The van der Waals surface area contributed by atoms with Crippen molar-refractivity contribution in [3.63, 3.8) is 0 Å². The van der Waals surface area contributed by atoms with E-state index in [1.807, 2.05) is 104 Å². The third-order valence-corrected chi connectivity index (χ3v) is 26.5. The quantitative estimate of drug-likeness (QED) is 0.0108. The molecule has 0 radical (unpaired) electrons. The van der Waals surface area contributed by atoms with Crippen molar-refractivity contribution in [2.45, 2.75) is 356 Å². The van der Waals surface area contributed by atoms with Gasteiger partial charge in [0.15, 0.2) is 11.6 Å². The highest BCUT2D eigenvalue weighted by Crippen LogP contribution is 2.55. The van der Waals surface area contributed by atoms with Crippen molar-refractivity contribution in [1.82, 2.24) is 40.7 Å². The average molecular weight is 1680 g/mol. The van der Waals surface area contributed by atoms with Gasteiger partial charge in [-0.05, 0) is 277 Å². The molecule has 121 heavy (non-hydrogen) atoms. The molecule has 12 N–H and O–H groups in total. The number of oxime groups is 1. The van der Waals surface area contributed by atoms with Gasteiger partial charge in [0.25, 0.3) is 0 Å². The number of hydrogen-bond donors (Lipinski definition) is 9. The largest absolute Gasteiger partial charge is 0.481 e. The molecule has 11 saturated carbocycles. The second-order valence-electron chi connectivity index (χ2n) is 40.2. The van der Waals surface area contributed by atoms with Crippen molar-refractivity contribution in [3.05, 3.63) is 131 Å². The van der Waals surface area contributed by atoms with Crippen LogP contribution in [0.3, 0.4) is 0 Å². The number of nitrogens with zero attached hydrogens (tertiary/aromatic N) is 7. The summed E-state index contributed by atoms with van der Waals surface area (Å²) < 4.78 is 28.3. The number of benzene rings is 3.